The molecule has 0 saturated carbocycles. The summed E-state index contributed by atoms with van der Waals surface area (Å²) < 4.78 is 5.21. The van der Waals surface area contributed by atoms with Gasteiger partial charge in [-0.1, -0.05) is 18.2 Å². The van der Waals surface area contributed by atoms with Crippen molar-refractivity contribution in [2.75, 3.05) is 27.2 Å². The van der Waals surface area contributed by atoms with E-state index in [-0.39, 0.29) is 0 Å². The highest BCUT2D eigenvalue weighted by Crippen LogP contribution is 2.12. The molecule has 0 unspecified atom stereocenters. The average Bonchev–Trinajstić information content (AvgIpc) is 2.63. The van der Waals surface area contributed by atoms with Crippen LogP contribution in [0.1, 0.15) is 23.7 Å². The minimum absolute atomic E-state index is 0.736. The zero-order valence-corrected chi connectivity index (χ0v) is 15.6. The van der Waals surface area contributed by atoms with Gasteiger partial charge in [-0.15, -0.1) is 0 Å². The Morgan fingerprint density at radius 3 is 2.48 bits per heavy atom. The summed E-state index contributed by atoms with van der Waals surface area (Å²) in [7, 11) is 3.74. The van der Waals surface area contributed by atoms with Crippen molar-refractivity contribution in [1.29, 1.82) is 0 Å². The zero-order valence-electron chi connectivity index (χ0n) is 15.6. The van der Waals surface area contributed by atoms with Crippen molar-refractivity contribution in [3.63, 3.8) is 0 Å². The third-order valence-corrected chi connectivity index (χ3v) is 3.91. The van der Waals surface area contributed by atoms with Crippen molar-refractivity contribution in [1.82, 2.24) is 15.2 Å². The summed E-state index contributed by atoms with van der Waals surface area (Å²) in [5, 5.41) is 3.36. The maximum atomic E-state index is 5.21. The number of nitrogens with one attached hydrogen (secondary N) is 1. The average molecular weight is 340 g/mol. The number of guanidine groups is 1. The van der Waals surface area contributed by atoms with Crippen LogP contribution in [0.25, 0.3) is 0 Å². The molecule has 0 bridgehead atoms. The maximum absolute atomic E-state index is 5.21. The number of pyridine rings is 1. The van der Waals surface area contributed by atoms with E-state index in [1.54, 1.807) is 7.11 Å². The van der Waals surface area contributed by atoms with Gasteiger partial charge in [-0.2, -0.15) is 0 Å². The second-order valence-electron chi connectivity index (χ2n) is 6.00. The molecule has 0 fully saturated rings. The predicted octanol–water partition coefficient (Wildman–Crippen LogP) is 3.04. The molecule has 0 atom stereocenters. The van der Waals surface area contributed by atoms with E-state index in [4.69, 9.17) is 9.73 Å². The highest BCUT2D eigenvalue weighted by molar-refractivity contribution is 5.79. The SMILES string of the molecule is CCNC(=NCCc1ccc(C)nc1)N(C)Cc1ccc(OC)cc1. The summed E-state index contributed by atoms with van der Waals surface area (Å²) in [6.45, 7) is 6.46. The molecule has 0 spiro atoms. The number of aliphatic imine (C=N–C) groups is 1. The Morgan fingerprint density at radius 2 is 1.88 bits per heavy atom. The van der Waals surface area contributed by atoms with E-state index >= 15 is 0 Å². The van der Waals surface area contributed by atoms with Crippen LogP contribution in [0.15, 0.2) is 47.6 Å². The first-order valence-electron chi connectivity index (χ1n) is 8.66. The van der Waals surface area contributed by atoms with Gasteiger partial charge < -0.3 is 15.0 Å². The zero-order chi connectivity index (χ0) is 18.1. The molecular weight excluding hydrogens is 312 g/mol. The van der Waals surface area contributed by atoms with Crippen LogP contribution in [0.4, 0.5) is 0 Å². The number of hydrogen-bond donors (Lipinski definition) is 1. The summed E-state index contributed by atoms with van der Waals surface area (Å²) in [6.07, 6.45) is 2.82. The lowest BCUT2D eigenvalue weighted by Gasteiger charge is -2.22. The van der Waals surface area contributed by atoms with E-state index in [1.807, 2.05) is 31.3 Å². The highest BCUT2D eigenvalue weighted by atomic mass is 16.5. The molecule has 134 valence electrons. The van der Waals surface area contributed by atoms with Gasteiger partial charge in [0.15, 0.2) is 5.96 Å². The number of aromatic nitrogens is 1. The predicted molar refractivity (Wildman–Crippen MR) is 103 cm³/mol. The first kappa shape index (κ1) is 18.8. The van der Waals surface area contributed by atoms with Crippen LogP contribution in [0.3, 0.4) is 0 Å². The number of aryl methyl sites for hydroxylation is 1. The second kappa shape index (κ2) is 9.67. The Labute approximate surface area is 150 Å². The van der Waals surface area contributed by atoms with Crippen LogP contribution in [0.5, 0.6) is 5.75 Å². The molecule has 2 rings (SSSR count). The molecule has 1 N–H and O–H groups in total. The fourth-order valence-electron chi connectivity index (χ4n) is 2.49. The van der Waals surface area contributed by atoms with Crippen LogP contribution >= 0.6 is 0 Å². The Bertz CT molecular complexity index is 665. The minimum atomic E-state index is 0.736. The van der Waals surface area contributed by atoms with Gasteiger partial charge in [-0.25, -0.2) is 0 Å². The molecule has 0 aliphatic heterocycles. The molecule has 5 nitrogen and oxygen atoms in total. The number of rotatable bonds is 7. The van der Waals surface area contributed by atoms with Gasteiger partial charge in [-0.05, 0) is 49.6 Å². The van der Waals surface area contributed by atoms with Crippen LogP contribution in [-0.4, -0.2) is 43.1 Å². The highest BCUT2D eigenvalue weighted by Gasteiger charge is 2.06. The number of nitrogens with zero attached hydrogens (tertiary/aromatic N) is 3. The Balaban J connectivity index is 1.95. The maximum Gasteiger partial charge on any atom is 0.193 e. The molecule has 0 radical (unpaired) electrons. The van der Waals surface area contributed by atoms with Crippen LogP contribution in [0, 0.1) is 6.92 Å². The lowest BCUT2D eigenvalue weighted by molar-refractivity contribution is 0.414. The number of methoxy groups -OCH3 is 1. The third-order valence-electron chi connectivity index (χ3n) is 3.91. The van der Waals surface area contributed by atoms with Gasteiger partial charge in [0.25, 0.3) is 0 Å². The van der Waals surface area contributed by atoms with Crippen molar-refractivity contribution in [2.45, 2.75) is 26.8 Å². The van der Waals surface area contributed by atoms with Crippen LogP contribution in [0.2, 0.25) is 0 Å². The Morgan fingerprint density at radius 1 is 1.16 bits per heavy atom. The fourth-order valence-corrected chi connectivity index (χ4v) is 2.49. The summed E-state index contributed by atoms with van der Waals surface area (Å²) in [4.78, 5) is 11.2. The molecule has 25 heavy (non-hydrogen) atoms. The standard InChI is InChI=1S/C20H28N4O/c1-5-21-20(22-13-12-17-7-6-16(2)23-14-17)24(3)15-18-8-10-19(25-4)11-9-18/h6-11,14H,5,12-13,15H2,1-4H3,(H,21,22). The molecule has 0 aliphatic rings. The van der Waals surface area contributed by atoms with Crippen molar-refractivity contribution < 1.29 is 4.74 Å². The third kappa shape index (κ3) is 6.10. The number of hydrogen-bond acceptors (Lipinski definition) is 3. The first-order chi connectivity index (χ1) is 12.1. The number of ether oxygens (including phenoxy) is 1. The summed E-state index contributed by atoms with van der Waals surface area (Å²) in [5.74, 6) is 1.79. The van der Waals surface area contributed by atoms with E-state index in [0.29, 0.717) is 0 Å². The van der Waals surface area contributed by atoms with Gasteiger partial charge in [0.2, 0.25) is 0 Å². The molecular formula is C20H28N4O. The van der Waals surface area contributed by atoms with E-state index in [2.05, 4.69) is 47.4 Å². The summed E-state index contributed by atoms with van der Waals surface area (Å²) in [5.41, 5.74) is 3.47. The summed E-state index contributed by atoms with van der Waals surface area (Å²) in [6, 6.07) is 12.3. The smallest absolute Gasteiger partial charge is 0.193 e. The van der Waals surface area contributed by atoms with Crippen molar-refractivity contribution >= 4 is 5.96 Å². The molecule has 2 aromatic rings. The second-order valence-corrected chi connectivity index (χ2v) is 6.00. The number of benzene rings is 1. The topological polar surface area (TPSA) is 49.8 Å². The molecule has 1 heterocycles. The minimum Gasteiger partial charge on any atom is -0.497 e. The van der Waals surface area contributed by atoms with E-state index in [9.17, 15) is 0 Å². The molecule has 0 saturated heterocycles. The quantitative estimate of drug-likeness (QED) is 0.622. The van der Waals surface area contributed by atoms with Crippen LogP contribution in [-0.2, 0) is 13.0 Å². The summed E-state index contributed by atoms with van der Waals surface area (Å²) >= 11 is 0. The van der Waals surface area contributed by atoms with Crippen molar-refractivity contribution in [2.24, 2.45) is 4.99 Å². The molecule has 0 amide bonds. The van der Waals surface area contributed by atoms with E-state index < -0.39 is 0 Å². The Kier molecular flexibility index (Phi) is 7.26. The molecule has 1 aromatic carbocycles. The molecule has 0 aliphatic carbocycles. The lowest BCUT2D eigenvalue weighted by Crippen LogP contribution is -2.38. The molecule has 5 heteroatoms. The first-order valence-corrected chi connectivity index (χ1v) is 8.66. The van der Waals surface area contributed by atoms with Gasteiger partial charge in [0, 0.05) is 38.6 Å². The lowest BCUT2D eigenvalue weighted by atomic mass is 10.2. The van der Waals surface area contributed by atoms with Gasteiger partial charge in [0.05, 0.1) is 7.11 Å². The van der Waals surface area contributed by atoms with E-state index in [0.717, 1.165) is 43.5 Å². The molecule has 1 aromatic heterocycles. The van der Waals surface area contributed by atoms with Gasteiger partial charge >= 0.3 is 0 Å². The van der Waals surface area contributed by atoms with Gasteiger partial charge in [0.1, 0.15) is 5.75 Å². The van der Waals surface area contributed by atoms with Gasteiger partial charge in [-0.3, -0.25) is 9.98 Å². The normalized spacial score (nSPS) is 11.3. The van der Waals surface area contributed by atoms with Crippen LogP contribution < -0.4 is 10.1 Å². The van der Waals surface area contributed by atoms with E-state index in [1.165, 1.54) is 11.1 Å². The largest absolute Gasteiger partial charge is 0.497 e. The van der Waals surface area contributed by atoms with Crippen molar-refractivity contribution in [3.05, 3.63) is 59.4 Å². The van der Waals surface area contributed by atoms with Crippen molar-refractivity contribution in [3.8, 4) is 5.75 Å². The fraction of sp³-hybridized carbons (Fsp3) is 0.400. The Hall–Kier alpha value is -2.56. The monoisotopic (exact) mass is 340 g/mol.